The van der Waals surface area contributed by atoms with Crippen LogP contribution in [-0.2, 0) is 9.53 Å². The van der Waals surface area contributed by atoms with Crippen LogP contribution in [0.5, 0.6) is 5.75 Å². The van der Waals surface area contributed by atoms with Gasteiger partial charge in [-0.3, -0.25) is 9.78 Å². The second-order valence-corrected chi connectivity index (χ2v) is 6.84. The van der Waals surface area contributed by atoms with Crippen LogP contribution < -0.4 is 4.74 Å². The molecule has 0 unspecified atom stereocenters. The monoisotopic (exact) mass is 338 g/mol. The van der Waals surface area contributed by atoms with Crippen molar-refractivity contribution in [2.75, 3.05) is 13.2 Å². The lowest BCUT2D eigenvalue weighted by molar-refractivity contribution is -0.162. The maximum atomic E-state index is 13.1. The molecular weight excluding hydrogens is 318 g/mol. The van der Waals surface area contributed by atoms with E-state index in [1.165, 1.54) is 0 Å². The van der Waals surface area contributed by atoms with E-state index in [1.807, 2.05) is 6.07 Å². The van der Waals surface area contributed by atoms with E-state index < -0.39 is 11.8 Å². The summed E-state index contributed by atoms with van der Waals surface area (Å²) in [6.45, 7) is 1.02. The van der Waals surface area contributed by atoms with Crippen LogP contribution in [0.2, 0.25) is 0 Å². The lowest BCUT2D eigenvalue weighted by Crippen LogP contribution is -2.50. The van der Waals surface area contributed by atoms with E-state index >= 15 is 0 Å². The highest BCUT2D eigenvalue weighted by molar-refractivity contribution is 5.81. The maximum absolute atomic E-state index is 13.1. The molecule has 1 aliphatic carbocycles. The van der Waals surface area contributed by atoms with Crippen LogP contribution in [-0.4, -0.2) is 53.1 Å². The Morgan fingerprint density at radius 2 is 2.25 bits per heavy atom. The predicted octanol–water partition coefficient (Wildman–Crippen LogP) is 2.26. The van der Waals surface area contributed by atoms with E-state index in [4.69, 9.17) is 9.47 Å². The average molecular weight is 338 g/mol. The lowest BCUT2D eigenvalue weighted by Gasteiger charge is -2.39. The van der Waals surface area contributed by atoms with E-state index in [2.05, 4.69) is 4.98 Å². The highest BCUT2D eigenvalue weighted by atomic mass is 19.3. The fourth-order valence-corrected chi connectivity index (χ4v) is 3.93. The van der Waals surface area contributed by atoms with Crippen LogP contribution in [0.3, 0.4) is 0 Å². The van der Waals surface area contributed by atoms with Crippen LogP contribution >= 0.6 is 0 Å². The van der Waals surface area contributed by atoms with Gasteiger partial charge in [-0.2, -0.15) is 0 Å². The minimum Gasteiger partial charge on any atom is -0.484 e. The molecular formula is C17H20F2N2O3. The van der Waals surface area contributed by atoms with Gasteiger partial charge in [0.25, 0.3) is 0 Å². The van der Waals surface area contributed by atoms with Crippen LogP contribution in [0.15, 0.2) is 24.5 Å². The molecule has 3 fully saturated rings. The van der Waals surface area contributed by atoms with Crippen LogP contribution in [0, 0.1) is 5.92 Å². The molecule has 1 saturated carbocycles. The molecule has 0 bridgehead atoms. The minimum atomic E-state index is -2.69. The van der Waals surface area contributed by atoms with Gasteiger partial charge in [0.2, 0.25) is 11.8 Å². The van der Waals surface area contributed by atoms with Crippen molar-refractivity contribution < 1.29 is 23.0 Å². The van der Waals surface area contributed by atoms with Crippen molar-refractivity contribution in [3.8, 4) is 5.75 Å². The second-order valence-electron chi connectivity index (χ2n) is 6.84. The third-order valence-corrected chi connectivity index (χ3v) is 5.12. The number of hydrogen-bond acceptors (Lipinski definition) is 4. The van der Waals surface area contributed by atoms with Crippen molar-refractivity contribution in [2.45, 2.75) is 49.9 Å². The second kappa shape index (κ2) is 5.95. The normalized spacial score (nSPS) is 32.1. The fourth-order valence-electron chi connectivity index (χ4n) is 3.93. The molecule has 2 saturated heterocycles. The molecule has 24 heavy (non-hydrogen) atoms. The molecule has 4 rings (SSSR count). The van der Waals surface area contributed by atoms with Crippen LogP contribution in [0.25, 0.3) is 0 Å². The molecule has 0 N–H and O–H groups in total. The number of halogens is 2. The van der Waals surface area contributed by atoms with Crippen molar-refractivity contribution in [1.82, 2.24) is 9.88 Å². The number of alkyl halides is 2. The van der Waals surface area contributed by atoms with Gasteiger partial charge >= 0.3 is 0 Å². The van der Waals surface area contributed by atoms with Gasteiger partial charge in [-0.05, 0) is 25.0 Å². The molecule has 1 amide bonds. The number of aromatic nitrogens is 1. The van der Waals surface area contributed by atoms with Gasteiger partial charge in [0.15, 0.2) is 0 Å². The Bertz CT molecular complexity index is 605. The molecule has 3 heterocycles. The Balaban J connectivity index is 1.48. The average Bonchev–Trinajstić information content (AvgIpc) is 2.92. The first-order chi connectivity index (χ1) is 11.5. The third-order valence-electron chi connectivity index (χ3n) is 5.12. The first kappa shape index (κ1) is 15.7. The Morgan fingerprint density at radius 3 is 2.96 bits per heavy atom. The van der Waals surface area contributed by atoms with E-state index in [1.54, 1.807) is 23.4 Å². The number of carbonyl (C=O) groups is 1. The number of nitrogens with zero attached hydrogens (tertiary/aromatic N) is 2. The summed E-state index contributed by atoms with van der Waals surface area (Å²) in [6, 6.07) is 3.51. The summed E-state index contributed by atoms with van der Waals surface area (Å²) < 4.78 is 38.0. The van der Waals surface area contributed by atoms with Crippen molar-refractivity contribution in [2.24, 2.45) is 5.92 Å². The molecule has 0 spiro atoms. The lowest BCUT2D eigenvalue weighted by atomic mass is 9.80. The van der Waals surface area contributed by atoms with Crippen molar-refractivity contribution in [3.05, 3.63) is 24.5 Å². The maximum Gasteiger partial charge on any atom is 0.249 e. The van der Waals surface area contributed by atoms with Gasteiger partial charge in [0.1, 0.15) is 18.0 Å². The SMILES string of the molecule is O=C(C1CC(F)(F)C1)N1C[C@H](Oc2cccnc2)[C@H]2OCCC[C@H]21. The Labute approximate surface area is 138 Å². The number of hydrogen-bond donors (Lipinski definition) is 0. The minimum absolute atomic E-state index is 0.0813. The van der Waals surface area contributed by atoms with E-state index in [9.17, 15) is 13.6 Å². The molecule has 3 aliphatic rings. The molecule has 3 atom stereocenters. The van der Waals surface area contributed by atoms with Gasteiger partial charge in [-0.15, -0.1) is 0 Å². The number of carbonyl (C=O) groups excluding carboxylic acids is 1. The highest BCUT2D eigenvalue weighted by Crippen LogP contribution is 2.44. The van der Waals surface area contributed by atoms with Gasteiger partial charge in [-0.25, -0.2) is 8.78 Å². The van der Waals surface area contributed by atoms with E-state index in [-0.39, 0.29) is 37.0 Å². The Morgan fingerprint density at radius 1 is 1.42 bits per heavy atom. The first-order valence-electron chi connectivity index (χ1n) is 8.40. The number of pyridine rings is 1. The molecule has 1 aromatic heterocycles. The zero-order chi connectivity index (χ0) is 16.7. The molecule has 5 nitrogen and oxygen atoms in total. The quantitative estimate of drug-likeness (QED) is 0.848. The number of rotatable bonds is 3. The molecule has 0 radical (unpaired) electrons. The van der Waals surface area contributed by atoms with Crippen molar-refractivity contribution in [3.63, 3.8) is 0 Å². The van der Waals surface area contributed by atoms with E-state index in [0.717, 1.165) is 12.8 Å². The summed E-state index contributed by atoms with van der Waals surface area (Å²) in [7, 11) is 0. The van der Waals surface area contributed by atoms with Gasteiger partial charge in [0.05, 0.1) is 18.8 Å². The summed E-state index contributed by atoms with van der Waals surface area (Å²) in [5.41, 5.74) is 0. The molecule has 0 aromatic carbocycles. The third kappa shape index (κ3) is 2.85. The Kier molecular flexibility index (Phi) is 3.90. The van der Waals surface area contributed by atoms with Crippen LogP contribution in [0.4, 0.5) is 8.78 Å². The smallest absolute Gasteiger partial charge is 0.249 e. The number of likely N-dealkylation sites (tertiary alicyclic amines) is 1. The molecule has 1 aromatic rings. The molecule has 7 heteroatoms. The topological polar surface area (TPSA) is 51.7 Å². The zero-order valence-corrected chi connectivity index (χ0v) is 13.2. The summed E-state index contributed by atoms with van der Waals surface area (Å²) in [5, 5.41) is 0. The number of ether oxygens (including phenoxy) is 2. The fraction of sp³-hybridized carbons (Fsp3) is 0.647. The van der Waals surface area contributed by atoms with Crippen LogP contribution in [0.1, 0.15) is 25.7 Å². The van der Waals surface area contributed by atoms with E-state index in [0.29, 0.717) is 18.9 Å². The summed E-state index contributed by atoms with van der Waals surface area (Å²) in [5.74, 6) is -2.81. The van der Waals surface area contributed by atoms with Gasteiger partial charge < -0.3 is 14.4 Å². The van der Waals surface area contributed by atoms with Crippen molar-refractivity contribution in [1.29, 1.82) is 0 Å². The zero-order valence-electron chi connectivity index (χ0n) is 13.2. The highest BCUT2D eigenvalue weighted by Gasteiger charge is 2.54. The molecule has 2 aliphatic heterocycles. The first-order valence-corrected chi connectivity index (χ1v) is 8.40. The predicted molar refractivity (Wildman–Crippen MR) is 80.8 cm³/mol. The summed E-state index contributed by atoms with van der Waals surface area (Å²) in [6.07, 6.45) is 3.80. The standard InChI is InChI=1S/C17H20F2N2O3/c18-17(19)7-11(8-17)16(22)21-10-14(15-13(21)4-2-6-23-15)24-12-3-1-5-20-9-12/h1,3,5,9,11,13-15H,2,4,6-8,10H2/t13-,14+,15+/m1/s1. The van der Waals surface area contributed by atoms with Gasteiger partial charge in [-0.1, -0.05) is 0 Å². The summed E-state index contributed by atoms with van der Waals surface area (Å²) in [4.78, 5) is 18.4. The Hall–Kier alpha value is -1.76. The number of amides is 1. The summed E-state index contributed by atoms with van der Waals surface area (Å²) >= 11 is 0. The van der Waals surface area contributed by atoms with Gasteiger partial charge in [0, 0.05) is 31.6 Å². The largest absolute Gasteiger partial charge is 0.484 e. The van der Waals surface area contributed by atoms with Crippen molar-refractivity contribution >= 4 is 5.91 Å². The molecule has 130 valence electrons. The number of fused-ring (bicyclic) bond motifs is 1.